The van der Waals surface area contributed by atoms with Gasteiger partial charge in [-0.1, -0.05) is 0 Å². The zero-order valence-electron chi connectivity index (χ0n) is 5.35. The molecule has 2 fully saturated rings. The summed E-state index contributed by atoms with van der Waals surface area (Å²) in [5.74, 6) is 3.55. The van der Waals surface area contributed by atoms with Gasteiger partial charge in [-0.2, -0.15) is 0 Å². The average Bonchev–Trinajstić information content (AvgIpc) is 2.50. The Bertz CT molecular complexity index is 92.6. The number of hydrogen-bond donors (Lipinski definition) is 1. The molecule has 1 nitrogen and oxygen atoms in total. The van der Waals surface area contributed by atoms with Gasteiger partial charge in [-0.3, -0.25) is 0 Å². The minimum atomic E-state index is 1.16. The Kier molecular flexibility index (Phi) is 0.884. The predicted octanol–water partition coefficient (Wildman–Crippen LogP) is 0.862. The Hall–Kier alpha value is -0.0400. The lowest BCUT2D eigenvalue weighted by Gasteiger charge is -1.99. The summed E-state index contributed by atoms with van der Waals surface area (Å²) in [4.78, 5) is 0. The van der Waals surface area contributed by atoms with Crippen molar-refractivity contribution in [3.63, 3.8) is 0 Å². The summed E-state index contributed by atoms with van der Waals surface area (Å²) >= 11 is 0. The van der Waals surface area contributed by atoms with Gasteiger partial charge in [-0.25, -0.2) is 0 Å². The lowest BCUT2D eigenvalue weighted by Crippen LogP contribution is -2.09. The highest BCUT2D eigenvalue weighted by molar-refractivity contribution is 5.11. The van der Waals surface area contributed by atoms with Gasteiger partial charge in [0.1, 0.15) is 0 Å². The lowest BCUT2D eigenvalue weighted by molar-refractivity contribution is 0.545. The van der Waals surface area contributed by atoms with Crippen LogP contribution in [0.3, 0.4) is 0 Å². The normalized spacial score (nSPS) is 48.4. The van der Waals surface area contributed by atoms with Crippen LogP contribution in [-0.4, -0.2) is 13.6 Å². The predicted molar refractivity (Wildman–Crippen MR) is 33.6 cm³/mol. The summed E-state index contributed by atoms with van der Waals surface area (Å²) in [5, 5.41) is 3.18. The molecule has 0 aliphatic heterocycles. The quantitative estimate of drug-likeness (QED) is 0.569. The van der Waals surface area contributed by atoms with Gasteiger partial charge in [-0.15, -0.1) is 0 Å². The molecule has 0 spiro atoms. The number of rotatable bonds is 3. The highest BCUT2D eigenvalue weighted by Crippen LogP contribution is 2.69. The van der Waals surface area contributed by atoms with E-state index in [4.69, 9.17) is 0 Å². The number of hydrogen-bond acceptors (Lipinski definition) is 1. The maximum absolute atomic E-state index is 3.18. The second-order valence-corrected chi connectivity index (χ2v) is 3.12. The standard InChI is InChI=1S/C7H13N/c1-8-3-2-5-6-4-7(5)6/h5-8H,2-4H2,1H3. The van der Waals surface area contributed by atoms with E-state index in [1.807, 2.05) is 7.05 Å². The summed E-state index contributed by atoms with van der Waals surface area (Å²) in [6, 6.07) is 0. The van der Waals surface area contributed by atoms with E-state index in [-0.39, 0.29) is 0 Å². The summed E-state index contributed by atoms with van der Waals surface area (Å²) in [5.41, 5.74) is 0. The van der Waals surface area contributed by atoms with Crippen LogP contribution in [0.1, 0.15) is 12.8 Å². The smallest absolute Gasteiger partial charge is 0.00491 e. The van der Waals surface area contributed by atoms with Crippen molar-refractivity contribution >= 4 is 0 Å². The van der Waals surface area contributed by atoms with Crippen LogP contribution in [0.5, 0.6) is 0 Å². The molecule has 0 amide bonds. The second kappa shape index (κ2) is 1.47. The first kappa shape index (κ1) is 4.80. The van der Waals surface area contributed by atoms with Crippen molar-refractivity contribution < 1.29 is 0 Å². The molecule has 0 saturated heterocycles. The third-order valence-electron chi connectivity index (χ3n) is 2.58. The minimum Gasteiger partial charge on any atom is -0.320 e. The summed E-state index contributed by atoms with van der Waals surface area (Å²) in [6.07, 6.45) is 3.00. The molecular formula is C7H13N. The van der Waals surface area contributed by atoms with Gasteiger partial charge < -0.3 is 5.32 Å². The van der Waals surface area contributed by atoms with Crippen molar-refractivity contribution in [3.8, 4) is 0 Å². The Morgan fingerprint density at radius 1 is 1.50 bits per heavy atom. The van der Waals surface area contributed by atoms with Crippen LogP contribution >= 0.6 is 0 Å². The summed E-state index contributed by atoms with van der Waals surface area (Å²) in [7, 11) is 2.04. The number of fused-ring (bicyclic) bond motifs is 1. The monoisotopic (exact) mass is 111 g/mol. The van der Waals surface area contributed by atoms with Crippen LogP contribution in [-0.2, 0) is 0 Å². The average molecular weight is 111 g/mol. The largest absolute Gasteiger partial charge is 0.320 e. The van der Waals surface area contributed by atoms with E-state index in [0.29, 0.717) is 0 Å². The molecule has 2 rings (SSSR count). The van der Waals surface area contributed by atoms with Crippen LogP contribution in [0, 0.1) is 17.8 Å². The summed E-state index contributed by atoms with van der Waals surface area (Å²) < 4.78 is 0. The molecule has 2 saturated carbocycles. The van der Waals surface area contributed by atoms with Crippen LogP contribution < -0.4 is 5.32 Å². The third-order valence-corrected chi connectivity index (χ3v) is 2.58. The fraction of sp³-hybridized carbons (Fsp3) is 1.00. The molecule has 2 unspecified atom stereocenters. The molecule has 2 aliphatic rings. The minimum absolute atomic E-state index is 1.16. The molecule has 1 N–H and O–H groups in total. The van der Waals surface area contributed by atoms with E-state index in [0.717, 1.165) is 5.92 Å². The highest BCUT2D eigenvalue weighted by Gasteiger charge is 2.62. The molecule has 0 aromatic carbocycles. The molecule has 8 heavy (non-hydrogen) atoms. The zero-order chi connectivity index (χ0) is 5.56. The first-order valence-electron chi connectivity index (χ1n) is 3.58. The van der Waals surface area contributed by atoms with Crippen molar-refractivity contribution in [2.75, 3.05) is 13.6 Å². The Balaban J connectivity index is 1.59. The molecule has 0 aromatic rings. The molecule has 46 valence electrons. The Labute approximate surface area is 50.5 Å². The van der Waals surface area contributed by atoms with E-state index in [2.05, 4.69) is 5.32 Å². The fourth-order valence-corrected chi connectivity index (χ4v) is 1.65. The van der Waals surface area contributed by atoms with Crippen LogP contribution in [0.25, 0.3) is 0 Å². The van der Waals surface area contributed by atoms with Crippen LogP contribution in [0.4, 0.5) is 0 Å². The first-order valence-corrected chi connectivity index (χ1v) is 3.58. The van der Waals surface area contributed by atoms with Gasteiger partial charge in [0.05, 0.1) is 0 Å². The van der Waals surface area contributed by atoms with E-state index in [9.17, 15) is 0 Å². The van der Waals surface area contributed by atoms with Crippen molar-refractivity contribution in [3.05, 3.63) is 0 Å². The third kappa shape index (κ3) is 0.576. The zero-order valence-corrected chi connectivity index (χ0v) is 5.35. The fourth-order valence-electron chi connectivity index (χ4n) is 1.65. The van der Waals surface area contributed by atoms with E-state index >= 15 is 0 Å². The SMILES string of the molecule is CNCCC1C2CC12. The molecule has 0 bridgehead atoms. The lowest BCUT2D eigenvalue weighted by atomic mass is 10.1. The molecule has 1 heteroatoms. The second-order valence-electron chi connectivity index (χ2n) is 3.12. The first-order chi connectivity index (χ1) is 3.93. The van der Waals surface area contributed by atoms with Gasteiger partial charge in [0, 0.05) is 0 Å². The molecule has 2 aliphatic carbocycles. The summed E-state index contributed by atoms with van der Waals surface area (Å²) in [6.45, 7) is 1.23. The van der Waals surface area contributed by atoms with Gasteiger partial charge in [0.15, 0.2) is 0 Å². The number of nitrogens with one attached hydrogen (secondary N) is 1. The van der Waals surface area contributed by atoms with Crippen molar-refractivity contribution in [1.29, 1.82) is 0 Å². The van der Waals surface area contributed by atoms with E-state index in [1.165, 1.54) is 24.8 Å². The van der Waals surface area contributed by atoms with Gasteiger partial charge in [-0.05, 0) is 44.2 Å². The van der Waals surface area contributed by atoms with Crippen LogP contribution in [0.15, 0.2) is 0 Å². The Morgan fingerprint density at radius 3 is 2.62 bits per heavy atom. The topological polar surface area (TPSA) is 12.0 Å². The molecule has 0 aromatic heterocycles. The molecular weight excluding hydrogens is 98.1 g/mol. The van der Waals surface area contributed by atoms with Crippen molar-refractivity contribution in [2.45, 2.75) is 12.8 Å². The highest BCUT2D eigenvalue weighted by atomic mass is 14.8. The Morgan fingerprint density at radius 2 is 2.25 bits per heavy atom. The van der Waals surface area contributed by atoms with Crippen molar-refractivity contribution in [2.24, 2.45) is 17.8 Å². The maximum atomic E-state index is 3.18. The molecule has 2 atom stereocenters. The molecule has 0 heterocycles. The van der Waals surface area contributed by atoms with E-state index in [1.54, 1.807) is 6.42 Å². The van der Waals surface area contributed by atoms with E-state index < -0.39 is 0 Å². The van der Waals surface area contributed by atoms with Gasteiger partial charge in [0.25, 0.3) is 0 Å². The maximum Gasteiger partial charge on any atom is -0.00491 e. The van der Waals surface area contributed by atoms with Crippen LogP contribution in [0.2, 0.25) is 0 Å². The van der Waals surface area contributed by atoms with Crippen molar-refractivity contribution in [1.82, 2.24) is 5.32 Å². The van der Waals surface area contributed by atoms with Gasteiger partial charge >= 0.3 is 0 Å². The molecule has 0 radical (unpaired) electrons. The van der Waals surface area contributed by atoms with Gasteiger partial charge in [0.2, 0.25) is 0 Å².